The maximum atomic E-state index is 12.8. The maximum absolute atomic E-state index is 12.8. The molecular formula is C24H33N3O4S. The molecular weight excluding hydrogens is 426 g/mol. The summed E-state index contributed by atoms with van der Waals surface area (Å²) in [6.07, 6.45) is 0.272. The Morgan fingerprint density at radius 3 is 2.34 bits per heavy atom. The number of carbonyl (C=O) groups excluding carboxylic acids is 1. The zero-order chi connectivity index (χ0) is 23.5. The van der Waals surface area contributed by atoms with Crippen molar-refractivity contribution in [3.63, 3.8) is 0 Å². The Kier molecular flexibility index (Phi) is 7.27. The fourth-order valence-corrected chi connectivity index (χ4v) is 4.93. The topological polar surface area (TPSA) is 87.7 Å². The molecule has 1 fully saturated rings. The average molecular weight is 460 g/mol. The second-order valence-corrected chi connectivity index (χ2v) is 10.8. The lowest BCUT2D eigenvalue weighted by Gasteiger charge is -2.45. The van der Waals surface area contributed by atoms with Crippen LogP contribution in [-0.2, 0) is 14.8 Å². The Morgan fingerprint density at radius 1 is 1.09 bits per heavy atom. The highest BCUT2D eigenvalue weighted by molar-refractivity contribution is 7.92. The Balaban J connectivity index is 1.67. The zero-order valence-electron chi connectivity index (χ0n) is 19.4. The van der Waals surface area contributed by atoms with Crippen molar-refractivity contribution in [2.24, 2.45) is 0 Å². The highest BCUT2D eigenvalue weighted by atomic mass is 32.2. The molecule has 0 spiro atoms. The summed E-state index contributed by atoms with van der Waals surface area (Å²) in [6.45, 7) is 12.2. The molecule has 1 heterocycles. The van der Waals surface area contributed by atoms with E-state index in [0.717, 1.165) is 18.7 Å². The van der Waals surface area contributed by atoms with Gasteiger partial charge < -0.3 is 10.1 Å². The van der Waals surface area contributed by atoms with Gasteiger partial charge >= 0.3 is 0 Å². The molecule has 0 aromatic heterocycles. The fourth-order valence-electron chi connectivity index (χ4n) is 3.82. The van der Waals surface area contributed by atoms with Gasteiger partial charge in [0.1, 0.15) is 0 Å². The van der Waals surface area contributed by atoms with Crippen LogP contribution in [0.15, 0.2) is 53.4 Å². The minimum absolute atomic E-state index is 0.0424. The van der Waals surface area contributed by atoms with Gasteiger partial charge in [-0.05, 0) is 65.0 Å². The van der Waals surface area contributed by atoms with Gasteiger partial charge in [-0.2, -0.15) is 0 Å². The van der Waals surface area contributed by atoms with E-state index >= 15 is 0 Å². The van der Waals surface area contributed by atoms with E-state index in [4.69, 9.17) is 4.74 Å². The number of carbonyl (C=O) groups is 1. The second-order valence-electron chi connectivity index (χ2n) is 9.16. The standard InChI is InChI=1S/C24H33N3O4S/c1-17-9-11-21(12-10-17)26-32(29,30)22-8-6-7-20(13-22)23(28)25-16-24(4,5)27-14-18(2)31-19(3)15-27/h6-13,18-19,26H,14-16H2,1-5H3,(H,25,28)/t18-,19+. The van der Waals surface area contributed by atoms with E-state index in [9.17, 15) is 13.2 Å². The first-order valence-corrected chi connectivity index (χ1v) is 12.3. The molecule has 3 rings (SSSR count). The third kappa shape index (κ3) is 6.09. The molecule has 0 unspecified atom stereocenters. The Hall–Kier alpha value is -2.42. The predicted octanol–water partition coefficient (Wildman–Crippen LogP) is 3.41. The summed E-state index contributed by atoms with van der Waals surface area (Å²) < 4.78 is 33.9. The number of nitrogens with zero attached hydrogens (tertiary/aromatic N) is 1. The number of hydrogen-bond donors (Lipinski definition) is 2. The van der Waals surface area contributed by atoms with Crippen molar-refractivity contribution in [3.8, 4) is 0 Å². The lowest BCUT2D eigenvalue weighted by atomic mass is 10.00. The summed E-state index contributed by atoms with van der Waals surface area (Å²) in [5.74, 6) is -0.306. The number of morpholine rings is 1. The van der Waals surface area contributed by atoms with Gasteiger partial charge in [0, 0.05) is 36.4 Å². The molecule has 2 atom stereocenters. The molecule has 1 aliphatic rings. The molecule has 8 heteroatoms. The van der Waals surface area contributed by atoms with Crippen molar-refractivity contribution < 1.29 is 17.9 Å². The molecule has 174 valence electrons. The molecule has 1 aliphatic heterocycles. The SMILES string of the molecule is Cc1ccc(NS(=O)(=O)c2cccc(C(=O)NCC(C)(C)N3C[C@@H](C)O[C@@H](C)C3)c2)cc1. The average Bonchev–Trinajstić information content (AvgIpc) is 2.73. The Labute approximate surface area is 191 Å². The smallest absolute Gasteiger partial charge is 0.261 e. The van der Waals surface area contributed by atoms with Crippen LogP contribution in [-0.4, -0.2) is 56.6 Å². The second kappa shape index (κ2) is 9.60. The minimum Gasteiger partial charge on any atom is -0.373 e. The molecule has 0 radical (unpaired) electrons. The van der Waals surface area contributed by atoms with Crippen molar-refractivity contribution in [1.29, 1.82) is 0 Å². The number of aryl methyl sites for hydroxylation is 1. The third-order valence-electron chi connectivity index (χ3n) is 5.67. The number of amides is 1. The van der Waals surface area contributed by atoms with Crippen molar-refractivity contribution in [1.82, 2.24) is 10.2 Å². The molecule has 0 aliphatic carbocycles. The van der Waals surface area contributed by atoms with E-state index in [-0.39, 0.29) is 28.5 Å². The molecule has 2 aromatic rings. The van der Waals surface area contributed by atoms with E-state index in [1.54, 1.807) is 24.3 Å². The first kappa shape index (κ1) is 24.2. The zero-order valence-corrected chi connectivity index (χ0v) is 20.2. The van der Waals surface area contributed by atoms with Crippen molar-refractivity contribution >= 4 is 21.6 Å². The van der Waals surface area contributed by atoms with Crippen LogP contribution in [0.2, 0.25) is 0 Å². The molecule has 2 N–H and O–H groups in total. The van der Waals surface area contributed by atoms with Crippen LogP contribution in [0, 0.1) is 6.92 Å². The van der Waals surface area contributed by atoms with E-state index in [1.165, 1.54) is 12.1 Å². The van der Waals surface area contributed by atoms with Gasteiger partial charge in [-0.25, -0.2) is 8.42 Å². The number of benzene rings is 2. The van der Waals surface area contributed by atoms with Crippen LogP contribution in [0.4, 0.5) is 5.69 Å². The predicted molar refractivity (Wildman–Crippen MR) is 126 cm³/mol. The minimum atomic E-state index is -3.81. The summed E-state index contributed by atoms with van der Waals surface area (Å²) in [6, 6.07) is 13.2. The maximum Gasteiger partial charge on any atom is 0.261 e. The van der Waals surface area contributed by atoms with E-state index in [2.05, 4.69) is 28.8 Å². The summed E-state index contributed by atoms with van der Waals surface area (Å²) in [7, 11) is -3.81. The largest absolute Gasteiger partial charge is 0.373 e. The fraction of sp³-hybridized carbons (Fsp3) is 0.458. The van der Waals surface area contributed by atoms with Crippen LogP contribution in [0.1, 0.15) is 43.6 Å². The van der Waals surface area contributed by atoms with Crippen molar-refractivity contribution in [2.45, 2.75) is 57.3 Å². The lowest BCUT2D eigenvalue weighted by molar-refractivity contribution is -0.0948. The van der Waals surface area contributed by atoms with Crippen LogP contribution in [0.3, 0.4) is 0 Å². The van der Waals surface area contributed by atoms with Gasteiger partial charge in [-0.1, -0.05) is 23.8 Å². The van der Waals surface area contributed by atoms with Gasteiger partial charge in [0.15, 0.2) is 0 Å². The van der Waals surface area contributed by atoms with Crippen LogP contribution in [0.5, 0.6) is 0 Å². The number of ether oxygens (including phenoxy) is 1. The molecule has 32 heavy (non-hydrogen) atoms. The summed E-state index contributed by atoms with van der Waals surface area (Å²) in [5.41, 5.74) is 1.55. The number of sulfonamides is 1. The molecule has 7 nitrogen and oxygen atoms in total. The summed E-state index contributed by atoms with van der Waals surface area (Å²) in [4.78, 5) is 15.2. The normalized spacial score (nSPS) is 20.0. The number of hydrogen-bond acceptors (Lipinski definition) is 5. The number of nitrogens with one attached hydrogen (secondary N) is 2. The highest BCUT2D eigenvalue weighted by Gasteiger charge is 2.33. The molecule has 1 amide bonds. The highest BCUT2D eigenvalue weighted by Crippen LogP contribution is 2.21. The lowest BCUT2D eigenvalue weighted by Crippen LogP contribution is -2.58. The van der Waals surface area contributed by atoms with Crippen molar-refractivity contribution in [3.05, 3.63) is 59.7 Å². The van der Waals surface area contributed by atoms with E-state index < -0.39 is 10.0 Å². The molecule has 0 bridgehead atoms. The van der Waals surface area contributed by atoms with Crippen LogP contribution < -0.4 is 10.0 Å². The van der Waals surface area contributed by atoms with Gasteiger partial charge in [-0.15, -0.1) is 0 Å². The van der Waals surface area contributed by atoms with Gasteiger partial charge in [0.25, 0.3) is 15.9 Å². The van der Waals surface area contributed by atoms with Crippen LogP contribution >= 0.6 is 0 Å². The molecule has 1 saturated heterocycles. The Bertz CT molecular complexity index is 1040. The van der Waals surface area contributed by atoms with Gasteiger partial charge in [-0.3, -0.25) is 14.4 Å². The van der Waals surface area contributed by atoms with E-state index in [1.807, 2.05) is 32.9 Å². The summed E-state index contributed by atoms with van der Waals surface area (Å²) in [5, 5.41) is 2.96. The number of rotatable bonds is 7. The first-order valence-electron chi connectivity index (χ1n) is 10.8. The van der Waals surface area contributed by atoms with Gasteiger partial charge in [0.05, 0.1) is 17.1 Å². The quantitative estimate of drug-likeness (QED) is 0.663. The van der Waals surface area contributed by atoms with Crippen LogP contribution in [0.25, 0.3) is 0 Å². The third-order valence-corrected chi connectivity index (χ3v) is 7.05. The molecule has 2 aromatic carbocycles. The summed E-state index contributed by atoms with van der Waals surface area (Å²) >= 11 is 0. The first-order chi connectivity index (χ1) is 15.0. The Morgan fingerprint density at radius 2 is 1.72 bits per heavy atom. The monoisotopic (exact) mass is 459 g/mol. The molecule has 0 saturated carbocycles. The van der Waals surface area contributed by atoms with Crippen molar-refractivity contribution in [2.75, 3.05) is 24.4 Å². The number of anilines is 1. The van der Waals surface area contributed by atoms with E-state index in [0.29, 0.717) is 17.8 Å². The van der Waals surface area contributed by atoms with Gasteiger partial charge in [0.2, 0.25) is 0 Å².